The van der Waals surface area contributed by atoms with E-state index in [9.17, 15) is 4.79 Å². The normalized spacial score (nSPS) is 17.3. The second-order valence-corrected chi connectivity index (χ2v) is 7.60. The highest BCUT2D eigenvalue weighted by Gasteiger charge is 2.36. The van der Waals surface area contributed by atoms with Crippen molar-refractivity contribution in [2.45, 2.75) is 38.1 Å². The number of carbonyl (C=O) groups excluding carboxylic acids is 1. The molecular formula is C21H30N4O2. The van der Waals surface area contributed by atoms with Crippen LogP contribution in [0.15, 0.2) is 36.7 Å². The zero-order valence-corrected chi connectivity index (χ0v) is 16.7. The molecule has 2 heterocycles. The van der Waals surface area contributed by atoms with E-state index in [1.165, 1.54) is 11.1 Å². The molecule has 1 saturated heterocycles. The van der Waals surface area contributed by atoms with Gasteiger partial charge in [0.1, 0.15) is 0 Å². The van der Waals surface area contributed by atoms with Crippen LogP contribution in [0.4, 0.5) is 4.79 Å². The molecule has 146 valence electrons. The van der Waals surface area contributed by atoms with Gasteiger partial charge in [0, 0.05) is 51.0 Å². The standard InChI is InChI=1S/C21H30N4O2/c1-16-7-5-6-8-19(16)21(9-11-27-12-10-21)15-22-20(26)25(4)17(2)18-13-23-24(3)14-18/h5-8,13-14,17H,9-12,15H2,1-4H3,(H,22,26). The van der Waals surface area contributed by atoms with E-state index < -0.39 is 0 Å². The van der Waals surface area contributed by atoms with E-state index in [4.69, 9.17) is 4.74 Å². The minimum atomic E-state index is -0.0718. The Balaban J connectivity index is 1.72. The maximum absolute atomic E-state index is 12.8. The van der Waals surface area contributed by atoms with Gasteiger partial charge in [0.2, 0.25) is 0 Å². The Kier molecular flexibility index (Phi) is 5.85. The molecule has 0 radical (unpaired) electrons. The van der Waals surface area contributed by atoms with Crippen LogP contribution in [0.2, 0.25) is 0 Å². The van der Waals surface area contributed by atoms with E-state index in [1.54, 1.807) is 9.58 Å². The number of benzene rings is 1. The van der Waals surface area contributed by atoms with Crippen LogP contribution in [0.5, 0.6) is 0 Å². The van der Waals surface area contributed by atoms with Crippen molar-refractivity contribution < 1.29 is 9.53 Å². The van der Waals surface area contributed by atoms with Gasteiger partial charge in [-0.15, -0.1) is 0 Å². The van der Waals surface area contributed by atoms with E-state index in [0.717, 1.165) is 31.6 Å². The molecule has 6 heteroatoms. The SMILES string of the molecule is Cc1ccccc1C1(CNC(=O)N(C)C(C)c2cnn(C)c2)CCOCC1. The molecule has 3 rings (SSSR count). The van der Waals surface area contributed by atoms with Crippen LogP contribution in [0.1, 0.15) is 42.5 Å². The van der Waals surface area contributed by atoms with Gasteiger partial charge < -0.3 is 15.0 Å². The molecule has 2 amide bonds. The molecule has 6 nitrogen and oxygen atoms in total. The van der Waals surface area contributed by atoms with Gasteiger partial charge in [-0.25, -0.2) is 4.79 Å². The summed E-state index contributed by atoms with van der Waals surface area (Å²) in [4.78, 5) is 14.6. The molecule has 1 aromatic carbocycles. The number of amides is 2. The quantitative estimate of drug-likeness (QED) is 0.879. The lowest BCUT2D eigenvalue weighted by Gasteiger charge is -2.39. The fourth-order valence-electron chi connectivity index (χ4n) is 3.90. The van der Waals surface area contributed by atoms with Gasteiger partial charge in [0.25, 0.3) is 0 Å². The molecule has 1 fully saturated rings. The van der Waals surface area contributed by atoms with Crippen molar-refractivity contribution in [1.82, 2.24) is 20.0 Å². The summed E-state index contributed by atoms with van der Waals surface area (Å²) in [5, 5.41) is 7.38. The second-order valence-electron chi connectivity index (χ2n) is 7.60. The number of nitrogens with one attached hydrogen (secondary N) is 1. The van der Waals surface area contributed by atoms with E-state index in [1.807, 2.05) is 33.4 Å². The molecular weight excluding hydrogens is 340 g/mol. The molecule has 1 N–H and O–H groups in total. The van der Waals surface area contributed by atoms with Crippen molar-refractivity contribution in [3.8, 4) is 0 Å². The van der Waals surface area contributed by atoms with Gasteiger partial charge in [-0.05, 0) is 37.8 Å². The van der Waals surface area contributed by atoms with Crippen LogP contribution in [0.25, 0.3) is 0 Å². The van der Waals surface area contributed by atoms with Crippen LogP contribution < -0.4 is 5.32 Å². The maximum Gasteiger partial charge on any atom is 0.317 e. The molecule has 1 unspecified atom stereocenters. The predicted octanol–water partition coefficient (Wildman–Crippen LogP) is 3.18. The zero-order valence-electron chi connectivity index (χ0n) is 16.7. The number of hydrogen-bond donors (Lipinski definition) is 1. The lowest BCUT2D eigenvalue weighted by Crippen LogP contribution is -2.48. The minimum Gasteiger partial charge on any atom is -0.381 e. The molecule has 1 atom stereocenters. The van der Waals surface area contributed by atoms with Crippen LogP contribution in [-0.4, -0.2) is 47.5 Å². The summed E-state index contributed by atoms with van der Waals surface area (Å²) in [5.74, 6) is 0. The first-order valence-electron chi connectivity index (χ1n) is 9.56. The third-order valence-corrected chi connectivity index (χ3v) is 5.85. The van der Waals surface area contributed by atoms with Gasteiger partial charge in [-0.2, -0.15) is 5.10 Å². The lowest BCUT2D eigenvalue weighted by molar-refractivity contribution is 0.0498. The minimum absolute atomic E-state index is 0.0391. The van der Waals surface area contributed by atoms with Crippen molar-refractivity contribution in [3.63, 3.8) is 0 Å². The number of aryl methyl sites for hydroxylation is 2. The van der Waals surface area contributed by atoms with Crippen molar-refractivity contribution in [1.29, 1.82) is 0 Å². The largest absolute Gasteiger partial charge is 0.381 e. The molecule has 0 bridgehead atoms. The predicted molar refractivity (Wildman–Crippen MR) is 106 cm³/mol. The summed E-state index contributed by atoms with van der Waals surface area (Å²) in [5.41, 5.74) is 3.54. The second kappa shape index (κ2) is 8.13. The summed E-state index contributed by atoms with van der Waals surface area (Å²) in [6, 6.07) is 8.37. The summed E-state index contributed by atoms with van der Waals surface area (Å²) in [7, 11) is 3.71. The van der Waals surface area contributed by atoms with Gasteiger partial charge in [-0.1, -0.05) is 24.3 Å². The van der Waals surface area contributed by atoms with Crippen LogP contribution >= 0.6 is 0 Å². The van der Waals surface area contributed by atoms with Crippen LogP contribution in [0, 0.1) is 6.92 Å². The van der Waals surface area contributed by atoms with E-state index >= 15 is 0 Å². The fourth-order valence-corrected chi connectivity index (χ4v) is 3.90. The molecule has 1 aliphatic heterocycles. The number of nitrogens with zero attached hydrogens (tertiary/aromatic N) is 3. The zero-order chi connectivity index (χ0) is 19.4. The average Bonchev–Trinajstić information content (AvgIpc) is 3.12. The first-order valence-corrected chi connectivity index (χ1v) is 9.56. The molecule has 1 aliphatic rings. The van der Waals surface area contributed by atoms with Crippen molar-refractivity contribution in [2.24, 2.45) is 7.05 Å². The monoisotopic (exact) mass is 370 g/mol. The number of urea groups is 1. The van der Waals surface area contributed by atoms with Crippen LogP contribution in [-0.2, 0) is 17.2 Å². The van der Waals surface area contributed by atoms with E-state index in [2.05, 4.69) is 41.6 Å². The molecule has 1 aromatic heterocycles. The Hall–Kier alpha value is -2.34. The third-order valence-electron chi connectivity index (χ3n) is 5.85. The summed E-state index contributed by atoms with van der Waals surface area (Å²) in [6.07, 6.45) is 5.59. The summed E-state index contributed by atoms with van der Waals surface area (Å²) < 4.78 is 7.36. The van der Waals surface area contributed by atoms with Gasteiger partial charge in [0.05, 0.1) is 12.2 Å². The molecule has 0 aliphatic carbocycles. The Morgan fingerprint density at radius 1 is 1.37 bits per heavy atom. The first-order chi connectivity index (χ1) is 12.9. The van der Waals surface area contributed by atoms with Crippen molar-refractivity contribution in [3.05, 3.63) is 53.3 Å². The highest BCUT2D eigenvalue weighted by Crippen LogP contribution is 2.36. The number of hydrogen-bond acceptors (Lipinski definition) is 3. The third kappa shape index (κ3) is 4.16. The number of aromatic nitrogens is 2. The topological polar surface area (TPSA) is 59.4 Å². The summed E-state index contributed by atoms with van der Waals surface area (Å²) >= 11 is 0. The smallest absolute Gasteiger partial charge is 0.317 e. The van der Waals surface area contributed by atoms with Crippen molar-refractivity contribution >= 4 is 6.03 Å². The first kappa shape index (κ1) is 19.4. The summed E-state index contributed by atoms with van der Waals surface area (Å²) in [6.45, 7) is 6.23. The fraction of sp³-hybridized carbons (Fsp3) is 0.524. The molecule has 27 heavy (non-hydrogen) atoms. The van der Waals surface area contributed by atoms with Crippen molar-refractivity contribution in [2.75, 3.05) is 26.8 Å². The molecule has 0 spiro atoms. The molecule has 0 saturated carbocycles. The Labute approximate surface area is 161 Å². The van der Waals surface area contributed by atoms with Gasteiger partial charge in [0.15, 0.2) is 0 Å². The number of rotatable bonds is 5. The highest BCUT2D eigenvalue weighted by atomic mass is 16.5. The Bertz CT molecular complexity index is 780. The van der Waals surface area contributed by atoms with Gasteiger partial charge in [-0.3, -0.25) is 4.68 Å². The molecule has 2 aromatic rings. The highest BCUT2D eigenvalue weighted by molar-refractivity contribution is 5.74. The van der Waals surface area contributed by atoms with E-state index in [0.29, 0.717) is 6.54 Å². The number of ether oxygens (including phenoxy) is 1. The Morgan fingerprint density at radius 2 is 2.07 bits per heavy atom. The number of carbonyl (C=O) groups is 1. The Morgan fingerprint density at radius 3 is 2.70 bits per heavy atom. The lowest BCUT2D eigenvalue weighted by atomic mass is 9.72. The van der Waals surface area contributed by atoms with Crippen LogP contribution in [0.3, 0.4) is 0 Å². The average molecular weight is 370 g/mol. The van der Waals surface area contributed by atoms with E-state index in [-0.39, 0.29) is 17.5 Å². The van der Waals surface area contributed by atoms with Gasteiger partial charge >= 0.3 is 6.03 Å². The maximum atomic E-state index is 12.8.